The molecule has 0 heterocycles. The van der Waals surface area contributed by atoms with Crippen LogP contribution >= 0.6 is 11.6 Å². The maximum Gasteiger partial charge on any atom is 0.0451 e. The Morgan fingerprint density at radius 3 is 2.47 bits per heavy atom. The van der Waals surface area contributed by atoms with E-state index in [9.17, 15) is 0 Å². The molecule has 0 radical (unpaired) electrons. The Labute approximate surface area is 120 Å². The van der Waals surface area contributed by atoms with Gasteiger partial charge in [-0.15, -0.1) is 0 Å². The number of hydrogen-bond donors (Lipinski definition) is 1. The SMILES string of the molecule is Cc1cccc(-c2ccc(Cl)c(CNC(C)C)c2)c1. The summed E-state index contributed by atoms with van der Waals surface area (Å²) in [4.78, 5) is 0. The van der Waals surface area contributed by atoms with Crippen molar-refractivity contribution in [2.75, 3.05) is 0 Å². The van der Waals surface area contributed by atoms with Gasteiger partial charge in [-0.1, -0.05) is 61.3 Å². The molecule has 2 aromatic carbocycles. The van der Waals surface area contributed by atoms with Crippen molar-refractivity contribution in [1.82, 2.24) is 5.32 Å². The zero-order valence-electron chi connectivity index (χ0n) is 11.7. The molecule has 0 saturated carbocycles. The summed E-state index contributed by atoms with van der Waals surface area (Å²) in [5.74, 6) is 0. The summed E-state index contributed by atoms with van der Waals surface area (Å²) in [7, 11) is 0. The number of aryl methyl sites for hydroxylation is 1. The van der Waals surface area contributed by atoms with Gasteiger partial charge in [0.25, 0.3) is 0 Å². The van der Waals surface area contributed by atoms with Crippen LogP contribution in [0.5, 0.6) is 0 Å². The normalized spacial score (nSPS) is 11.0. The minimum atomic E-state index is 0.457. The average molecular weight is 274 g/mol. The highest BCUT2D eigenvalue weighted by molar-refractivity contribution is 6.31. The molecule has 0 aromatic heterocycles. The van der Waals surface area contributed by atoms with Crippen molar-refractivity contribution in [3.8, 4) is 11.1 Å². The van der Waals surface area contributed by atoms with Gasteiger partial charge in [-0.2, -0.15) is 0 Å². The molecule has 1 N–H and O–H groups in total. The van der Waals surface area contributed by atoms with Crippen LogP contribution < -0.4 is 5.32 Å². The van der Waals surface area contributed by atoms with Crippen molar-refractivity contribution >= 4 is 11.6 Å². The van der Waals surface area contributed by atoms with Crippen molar-refractivity contribution in [2.45, 2.75) is 33.4 Å². The van der Waals surface area contributed by atoms with E-state index < -0.39 is 0 Å². The molecule has 2 rings (SSSR count). The number of hydrogen-bond acceptors (Lipinski definition) is 1. The molecule has 100 valence electrons. The predicted molar refractivity (Wildman–Crippen MR) is 83.6 cm³/mol. The highest BCUT2D eigenvalue weighted by Gasteiger charge is 2.05. The lowest BCUT2D eigenvalue weighted by Gasteiger charge is -2.11. The van der Waals surface area contributed by atoms with E-state index in [1.807, 2.05) is 6.07 Å². The Morgan fingerprint density at radius 2 is 1.79 bits per heavy atom. The Hall–Kier alpha value is -1.31. The van der Waals surface area contributed by atoms with Crippen molar-refractivity contribution in [1.29, 1.82) is 0 Å². The second-order valence-electron chi connectivity index (χ2n) is 5.21. The summed E-state index contributed by atoms with van der Waals surface area (Å²) in [6.45, 7) is 7.19. The molecule has 1 nitrogen and oxygen atoms in total. The smallest absolute Gasteiger partial charge is 0.0451 e. The first-order valence-corrected chi connectivity index (χ1v) is 7.03. The molecule has 0 unspecified atom stereocenters. The Kier molecular flexibility index (Phi) is 4.62. The molecule has 0 aliphatic rings. The molecular formula is C17H20ClN. The summed E-state index contributed by atoms with van der Waals surface area (Å²) in [5.41, 5.74) is 4.87. The zero-order chi connectivity index (χ0) is 13.8. The van der Waals surface area contributed by atoms with Crippen LogP contribution in [0.3, 0.4) is 0 Å². The van der Waals surface area contributed by atoms with Gasteiger partial charge < -0.3 is 5.32 Å². The number of rotatable bonds is 4. The fraction of sp³-hybridized carbons (Fsp3) is 0.294. The van der Waals surface area contributed by atoms with Gasteiger partial charge in [0.1, 0.15) is 0 Å². The Morgan fingerprint density at radius 1 is 1.05 bits per heavy atom. The lowest BCUT2D eigenvalue weighted by molar-refractivity contribution is 0.589. The summed E-state index contributed by atoms with van der Waals surface area (Å²) >= 11 is 6.26. The number of halogens is 1. The maximum atomic E-state index is 6.26. The third-order valence-corrected chi connectivity index (χ3v) is 3.47. The maximum absolute atomic E-state index is 6.26. The number of nitrogens with one attached hydrogen (secondary N) is 1. The van der Waals surface area contributed by atoms with Crippen LogP contribution in [0.25, 0.3) is 11.1 Å². The van der Waals surface area contributed by atoms with Crippen molar-refractivity contribution < 1.29 is 0 Å². The van der Waals surface area contributed by atoms with E-state index in [-0.39, 0.29) is 0 Å². The van der Waals surface area contributed by atoms with Crippen molar-refractivity contribution in [3.63, 3.8) is 0 Å². The fourth-order valence-corrected chi connectivity index (χ4v) is 2.21. The Bertz CT molecular complexity index is 561. The molecule has 0 amide bonds. The van der Waals surface area contributed by atoms with E-state index in [2.05, 4.69) is 62.5 Å². The molecule has 0 saturated heterocycles. The van der Waals surface area contributed by atoms with Crippen molar-refractivity contribution in [2.24, 2.45) is 0 Å². The molecule has 0 aliphatic carbocycles. The molecule has 0 fully saturated rings. The van der Waals surface area contributed by atoms with E-state index in [0.717, 1.165) is 17.1 Å². The summed E-state index contributed by atoms with van der Waals surface area (Å²) in [6, 6.07) is 15.2. The second-order valence-corrected chi connectivity index (χ2v) is 5.62. The van der Waals surface area contributed by atoms with Crippen LogP contribution in [-0.2, 0) is 6.54 Å². The molecule has 0 spiro atoms. The molecule has 0 bridgehead atoms. The third-order valence-electron chi connectivity index (χ3n) is 3.10. The van der Waals surface area contributed by atoms with Gasteiger partial charge in [0.05, 0.1) is 0 Å². The first-order chi connectivity index (χ1) is 9.06. The van der Waals surface area contributed by atoms with Crippen LogP contribution in [0, 0.1) is 6.92 Å². The van der Waals surface area contributed by atoms with Gasteiger partial charge in [-0.25, -0.2) is 0 Å². The molecule has 0 atom stereocenters. The van der Waals surface area contributed by atoms with Gasteiger partial charge in [-0.3, -0.25) is 0 Å². The van der Waals surface area contributed by atoms with Gasteiger partial charge >= 0.3 is 0 Å². The van der Waals surface area contributed by atoms with E-state index in [1.54, 1.807) is 0 Å². The molecule has 19 heavy (non-hydrogen) atoms. The lowest BCUT2D eigenvalue weighted by atomic mass is 10.0. The van der Waals surface area contributed by atoms with Crippen LogP contribution in [0.1, 0.15) is 25.0 Å². The van der Waals surface area contributed by atoms with E-state index in [1.165, 1.54) is 16.7 Å². The average Bonchev–Trinajstić information content (AvgIpc) is 2.37. The largest absolute Gasteiger partial charge is 0.310 e. The minimum Gasteiger partial charge on any atom is -0.310 e. The van der Waals surface area contributed by atoms with Crippen LogP contribution in [-0.4, -0.2) is 6.04 Å². The monoisotopic (exact) mass is 273 g/mol. The minimum absolute atomic E-state index is 0.457. The van der Waals surface area contributed by atoms with E-state index in [0.29, 0.717) is 6.04 Å². The van der Waals surface area contributed by atoms with Crippen LogP contribution in [0.4, 0.5) is 0 Å². The van der Waals surface area contributed by atoms with Crippen LogP contribution in [0.2, 0.25) is 5.02 Å². The van der Waals surface area contributed by atoms with Crippen molar-refractivity contribution in [3.05, 3.63) is 58.6 Å². The summed E-state index contributed by atoms with van der Waals surface area (Å²) in [6.07, 6.45) is 0. The molecule has 2 aromatic rings. The van der Waals surface area contributed by atoms with Gasteiger partial charge in [-0.05, 0) is 35.7 Å². The van der Waals surface area contributed by atoms with Crippen LogP contribution in [0.15, 0.2) is 42.5 Å². The fourth-order valence-electron chi connectivity index (χ4n) is 2.03. The standard InChI is InChI=1S/C17H20ClN/c1-12(2)19-11-16-10-15(7-8-17(16)18)14-6-4-5-13(3)9-14/h4-10,12,19H,11H2,1-3H3. The Balaban J connectivity index is 2.30. The first-order valence-electron chi connectivity index (χ1n) is 6.65. The van der Waals surface area contributed by atoms with E-state index in [4.69, 9.17) is 11.6 Å². The molecular weight excluding hydrogens is 254 g/mol. The summed E-state index contributed by atoms with van der Waals surface area (Å²) < 4.78 is 0. The van der Waals surface area contributed by atoms with E-state index >= 15 is 0 Å². The predicted octanol–water partition coefficient (Wildman–Crippen LogP) is 4.81. The van der Waals surface area contributed by atoms with Gasteiger partial charge in [0.15, 0.2) is 0 Å². The molecule has 2 heteroatoms. The van der Waals surface area contributed by atoms with Gasteiger partial charge in [0.2, 0.25) is 0 Å². The highest BCUT2D eigenvalue weighted by Crippen LogP contribution is 2.25. The zero-order valence-corrected chi connectivity index (χ0v) is 12.5. The number of benzene rings is 2. The molecule has 0 aliphatic heterocycles. The lowest BCUT2D eigenvalue weighted by Crippen LogP contribution is -2.21. The second kappa shape index (κ2) is 6.23. The third kappa shape index (κ3) is 3.82. The highest BCUT2D eigenvalue weighted by atomic mass is 35.5. The quantitative estimate of drug-likeness (QED) is 0.843. The topological polar surface area (TPSA) is 12.0 Å². The first kappa shape index (κ1) is 14.1. The summed E-state index contributed by atoms with van der Waals surface area (Å²) in [5, 5.41) is 4.23. The van der Waals surface area contributed by atoms with Gasteiger partial charge in [0, 0.05) is 17.6 Å².